The molecule has 0 saturated carbocycles. The van der Waals surface area contributed by atoms with Crippen molar-refractivity contribution < 1.29 is 19.4 Å². The lowest BCUT2D eigenvalue weighted by Crippen LogP contribution is -2.38. The number of hydrogen-bond donors (Lipinski definition) is 2. The third kappa shape index (κ3) is 4.11. The Morgan fingerprint density at radius 3 is 2.60 bits per heavy atom. The fourth-order valence-corrected chi connectivity index (χ4v) is 2.05. The van der Waals surface area contributed by atoms with Gasteiger partial charge in [0.2, 0.25) is 0 Å². The maximum atomic E-state index is 11.0. The van der Waals surface area contributed by atoms with E-state index in [0.29, 0.717) is 19.8 Å². The number of carboxylic acids is 1. The summed E-state index contributed by atoms with van der Waals surface area (Å²) in [6, 6.07) is 5.07. The fourth-order valence-electron chi connectivity index (χ4n) is 2.05. The van der Waals surface area contributed by atoms with Crippen LogP contribution in [0.1, 0.15) is 17.3 Å². The number of methoxy groups -OCH3 is 2. The molecule has 0 aliphatic rings. The Hall–Kier alpha value is -1.79. The van der Waals surface area contributed by atoms with Crippen molar-refractivity contribution in [3.05, 3.63) is 23.8 Å². The van der Waals surface area contributed by atoms with Gasteiger partial charge in [-0.2, -0.15) is 0 Å². The first-order valence-corrected chi connectivity index (χ1v) is 6.38. The molecule has 1 aromatic carbocycles. The van der Waals surface area contributed by atoms with Crippen molar-refractivity contribution in [2.45, 2.75) is 13.0 Å². The summed E-state index contributed by atoms with van der Waals surface area (Å²) in [4.78, 5) is 13.1. The Balaban J connectivity index is 3.00. The van der Waals surface area contributed by atoms with Gasteiger partial charge in [-0.05, 0) is 25.1 Å². The van der Waals surface area contributed by atoms with Gasteiger partial charge in [-0.15, -0.1) is 0 Å². The number of rotatable bonds is 8. The van der Waals surface area contributed by atoms with Gasteiger partial charge in [0, 0.05) is 38.2 Å². The lowest BCUT2D eigenvalue weighted by molar-refractivity contribution is 0.0698. The second kappa shape index (κ2) is 7.72. The molecule has 0 aliphatic heterocycles. The van der Waals surface area contributed by atoms with E-state index >= 15 is 0 Å². The van der Waals surface area contributed by atoms with Crippen LogP contribution in [0.4, 0.5) is 11.4 Å². The van der Waals surface area contributed by atoms with Gasteiger partial charge in [-0.25, -0.2) is 4.79 Å². The highest BCUT2D eigenvalue weighted by Gasteiger charge is 2.16. The molecular formula is C14H22N2O4. The van der Waals surface area contributed by atoms with Crippen molar-refractivity contribution in [3.63, 3.8) is 0 Å². The number of anilines is 2. The molecule has 1 rings (SSSR count). The zero-order valence-corrected chi connectivity index (χ0v) is 12.1. The van der Waals surface area contributed by atoms with Crippen molar-refractivity contribution in [1.82, 2.24) is 0 Å². The van der Waals surface area contributed by atoms with E-state index in [1.165, 1.54) is 6.07 Å². The van der Waals surface area contributed by atoms with E-state index in [4.69, 9.17) is 20.3 Å². The molecule has 0 fully saturated rings. The molecule has 6 heteroatoms. The Morgan fingerprint density at radius 2 is 2.10 bits per heavy atom. The Labute approximate surface area is 119 Å². The predicted octanol–water partition coefficient (Wildman–Crippen LogP) is 1.45. The van der Waals surface area contributed by atoms with Gasteiger partial charge in [-0.3, -0.25) is 0 Å². The first-order valence-electron chi connectivity index (χ1n) is 6.38. The number of hydrogen-bond acceptors (Lipinski definition) is 5. The second-order valence-electron chi connectivity index (χ2n) is 4.57. The third-order valence-corrected chi connectivity index (χ3v) is 3.07. The molecule has 0 bridgehead atoms. The zero-order chi connectivity index (χ0) is 15.1. The van der Waals surface area contributed by atoms with Gasteiger partial charge < -0.3 is 25.2 Å². The number of nitrogens with zero attached hydrogens (tertiary/aromatic N) is 1. The molecule has 3 N–H and O–H groups in total. The molecule has 112 valence electrons. The molecule has 0 radical (unpaired) electrons. The van der Waals surface area contributed by atoms with Gasteiger partial charge in [0.1, 0.15) is 0 Å². The van der Waals surface area contributed by atoms with Crippen molar-refractivity contribution in [3.8, 4) is 0 Å². The van der Waals surface area contributed by atoms with E-state index in [0.717, 1.165) is 5.69 Å². The molecule has 0 aliphatic carbocycles. The summed E-state index contributed by atoms with van der Waals surface area (Å²) in [6.45, 7) is 3.83. The van der Waals surface area contributed by atoms with Gasteiger partial charge in [0.05, 0.1) is 18.8 Å². The maximum Gasteiger partial charge on any atom is 0.337 e. The van der Waals surface area contributed by atoms with Crippen LogP contribution < -0.4 is 10.6 Å². The average Bonchev–Trinajstić information content (AvgIpc) is 2.39. The lowest BCUT2D eigenvalue weighted by atomic mass is 10.1. The van der Waals surface area contributed by atoms with Crippen molar-refractivity contribution in [2.75, 3.05) is 44.6 Å². The number of carbonyl (C=O) groups is 1. The highest BCUT2D eigenvalue weighted by molar-refractivity contribution is 5.94. The zero-order valence-electron chi connectivity index (χ0n) is 12.1. The highest BCUT2D eigenvalue weighted by atomic mass is 16.5. The first-order chi connectivity index (χ1) is 9.51. The van der Waals surface area contributed by atoms with Crippen LogP contribution in [0.2, 0.25) is 0 Å². The molecule has 0 aromatic heterocycles. The van der Waals surface area contributed by atoms with Gasteiger partial charge >= 0.3 is 5.97 Å². The lowest BCUT2D eigenvalue weighted by Gasteiger charge is -2.31. The summed E-state index contributed by atoms with van der Waals surface area (Å²) in [6.07, 6.45) is 0. The molecule has 1 aromatic rings. The van der Waals surface area contributed by atoms with E-state index in [-0.39, 0.29) is 17.3 Å². The van der Waals surface area contributed by atoms with E-state index in [2.05, 4.69) is 4.90 Å². The van der Waals surface area contributed by atoms with Crippen molar-refractivity contribution in [1.29, 1.82) is 0 Å². The van der Waals surface area contributed by atoms with E-state index < -0.39 is 5.97 Å². The summed E-state index contributed by atoms with van der Waals surface area (Å²) < 4.78 is 10.3. The predicted molar refractivity (Wildman–Crippen MR) is 78.4 cm³/mol. The summed E-state index contributed by atoms with van der Waals surface area (Å²) in [5, 5.41) is 9.00. The second-order valence-corrected chi connectivity index (χ2v) is 4.57. The molecule has 0 heterocycles. The summed E-state index contributed by atoms with van der Waals surface area (Å²) in [5.74, 6) is -1.03. The largest absolute Gasteiger partial charge is 0.478 e. The van der Waals surface area contributed by atoms with Crippen LogP contribution >= 0.6 is 0 Å². The minimum Gasteiger partial charge on any atom is -0.478 e. The Morgan fingerprint density at radius 1 is 1.40 bits per heavy atom. The van der Waals surface area contributed by atoms with Gasteiger partial charge in [0.25, 0.3) is 0 Å². The molecule has 6 nitrogen and oxygen atoms in total. The first kappa shape index (κ1) is 16.3. The molecule has 0 saturated heterocycles. The minimum atomic E-state index is -1.03. The SMILES string of the molecule is COCCN(c1ccc(C(=O)O)c(N)c1)C(C)COC. The molecular weight excluding hydrogens is 260 g/mol. The van der Waals surface area contributed by atoms with E-state index in [1.807, 2.05) is 6.92 Å². The quantitative estimate of drug-likeness (QED) is 0.702. The Bertz CT molecular complexity index is 451. The van der Waals surface area contributed by atoms with Crippen LogP contribution in [0.5, 0.6) is 0 Å². The van der Waals surface area contributed by atoms with Gasteiger partial charge in [0.15, 0.2) is 0 Å². The monoisotopic (exact) mass is 282 g/mol. The average molecular weight is 282 g/mol. The fraction of sp³-hybridized carbons (Fsp3) is 0.500. The van der Waals surface area contributed by atoms with Gasteiger partial charge in [-0.1, -0.05) is 0 Å². The van der Waals surface area contributed by atoms with Crippen molar-refractivity contribution >= 4 is 17.3 Å². The standard InChI is InChI=1S/C14H22N2O4/c1-10(9-20-3)16(6-7-19-2)11-4-5-12(14(17)18)13(15)8-11/h4-5,8,10H,6-7,9,15H2,1-3H3,(H,17,18). The summed E-state index contributed by atoms with van der Waals surface area (Å²) >= 11 is 0. The van der Waals surface area contributed by atoms with Crippen LogP contribution in [0, 0.1) is 0 Å². The third-order valence-electron chi connectivity index (χ3n) is 3.07. The van der Waals surface area contributed by atoms with Crippen LogP contribution in [-0.2, 0) is 9.47 Å². The smallest absolute Gasteiger partial charge is 0.337 e. The van der Waals surface area contributed by atoms with Crippen LogP contribution in [0.3, 0.4) is 0 Å². The maximum absolute atomic E-state index is 11.0. The van der Waals surface area contributed by atoms with E-state index in [1.54, 1.807) is 26.4 Å². The molecule has 20 heavy (non-hydrogen) atoms. The number of carboxylic acid groups (broad SMARTS) is 1. The summed E-state index contributed by atoms with van der Waals surface area (Å²) in [7, 11) is 3.29. The topological polar surface area (TPSA) is 85.0 Å². The number of nitrogen functional groups attached to an aromatic ring is 1. The van der Waals surface area contributed by atoms with Crippen LogP contribution in [0.25, 0.3) is 0 Å². The Kier molecular flexibility index (Phi) is 6.27. The number of ether oxygens (including phenoxy) is 2. The highest BCUT2D eigenvalue weighted by Crippen LogP contribution is 2.23. The van der Waals surface area contributed by atoms with Crippen LogP contribution in [-0.4, -0.2) is 51.1 Å². The molecule has 0 amide bonds. The normalized spacial score (nSPS) is 12.2. The van der Waals surface area contributed by atoms with Crippen LogP contribution in [0.15, 0.2) is 18.2 Å². The molecule has 1 unspecified atom stereocenters. The number of aromatic carboxylic acids is 1. The molecule has 1 atom stereocenters. The number of benzene rings is 1. The minimum absolute atomic E-state index is 0.111. The van der Waals surface area contributed by atoms with Crippen molar-refractivity contribution in [2.24, 2.45) is 0 Å². The van der Waals surface area contributed by atoms with E-state index in [9.17, 15) is 4.79 Å². The molecule has 0 spiro atoms. The number of nitrogens with two attached hydrogens (primary N) is 1. The summed E-state index contributed by atoms with van der Waals surface area (Å²) in [5.41, 5.74) is 7.01.